The minimum atomic E-state index is -0.164. The van der Waals surface area contributed by atoms with Crippen LogP contribution in [0.3, 0.4) is 0 Å². The van der Waals surface area contributed by atoms with E-state index < -0.39 is 0 Å². The van der Waals surface area contributed by atoms with Gasteiger partial charge in [-0.15, -0.1) is 0 Å². The van der Waals surface area contributed by atoms with Crippen molar-refractivity contribution < 1.29 is 19.1 Å². The third-order valence-corrected chi connectivity index (χ3v) is 4.16. The van der Waals surface area contributed by atoms with Gasteiger partial charge in [0.1, 0.15) is 0 Å². The number of aromatic nitrogens is 1. The SMILES string of the molecule is O=C1c2ccccc2C(=O)c2c1[nH]c1cc3c(cc21)OCO3. The van der Waals surface area contributed by atoms with Gasteiger partial charge in [0.15, 0.2) is 17.3 Å². The Morgan fingerprint density at radius 1 is 0.909 bits per heavy atom. The fourth-order valence-corrected chi connectivity index (χ4v) is 3.14. The number of hydrogen-bond donors (Lipinski definition) is 1. The van der Waals surface area contributed by atoms with Gasteiger partial charge in [0.25, 0.3) is 0 Å². The number of ether oxygens (including phenoxy) is 2. The highest BCUT2D eigenvalue weighted by molar-refractivity contribution is 6.32. The lowest BCUT2D eigenvalue weighted by Crippen LogP contribution is -2.19. The molecule has 0 fully saturated rings. The van der Waals surface area contributed by atoms with Gasteiger partial charge in [0.2, 0.25) is 12.6 Å². The molecule has 2 aliphatic rings. The number of benzene rings is 2. The number of aromatic amines is 1. The molecular weight excluding hydrogens is 282 g/mol. The van der Waals surface area contributed by atoms with E-state index >= 15 is 0 Å². The third kappa shape index (κ3) is 1.28. The van der Waals surface area contributed by atoms with Gasteiger partial charge in [-0.1, -0.05) is 24.3 Å². The van der Waals surface area contributed by atoms with Crippen molar-refractivity contribution in [2.24, 2.45) is 0 Å². The molecule has 0 bridgehead atoms. The summed E-state index contributed by atoms with van der Waals surface area (Å²) in [4.78, 5) is 28.5. The molecule has 0 saturated carbocycles. The Bertz CT molecular complexity index is 999. The zero-order valence-corrected chi connectivity index (χ0v) is 11.3. The van der Waals surface area contributed by atoms with E-state index in [4.69, 9.17) is 9.47 Å². The number of rotatable bonds is 0. The van der Waals surface area contributed by atoms with Crippen LogP contribution in [-0.2, 0) is 0 Å². The Labute approximate surface area is 124 Å². The second-order valence-corrected chi connectivity index (χ2v) is 5.33. The number of carbonyl (C=O) groups is 2. The first-order valence-electron chi connectivity index (χ1n) is 6.88. The predicted octanol–water partition coefficient (Wildman–Crippen LogP) is 2.67. The minimum absolute atomic E-state index is 0.143. The van der Waals surface area contributed by atoms with Crippen LogP contribution >= 0.6 is 0 Å². The Morgan fingerprint density at radius 2 is 1.59 bits per heavy atom. The highest BCUT2D eigenvalue weighted by Crippen LogP contribution is 2.40. The summed E-state index contributed by atoms with van der Waals surface area (Å²) in [6, 6.07) is 10.4. The van der Waals surface area contributed by atoms with Gasteiger partial charge in [-0.3, -0.25) is 9.59 Å². The normalized spacial score (nSPS) is 15.1. The molecule has 1 aromatic heterocycles. The van der Waals surface area contributed by atoms with Crippen molar-refractivity contribution in [3.8, 4) is 11.5 Å². The molecule has 0 saturated heterocycles. The van der Waals surface area contributed by atoms with Crippen LogP contribution in [0.1, 0.15) is 32.0 Å². The van der Waals surface area contributed by atoms with Gasteiger partial charge in [0, 0.05) is 22.6 Å². The van der Waals surface area contributed by atoms with Gasteiger partial charge in [0.05, 0.1) is 16.8 Å². The molecule has 2 heterocycles. The standard InChI is InChI=1S/C17H9NO4/c19-16-8-3-1-2-4-9(8)17(20)15-14(16)10-5-12-13(22-7-21-12)6-11(10)18-15/h1-6,18H,7H2. The van der Waals surface area contributed by atoms with Crippen LogP contribution in [0.2, 0.25) is 0 Å². The van der Waals surface area contributed by atoms with Crippen molar-refractivity contribution in [1.29, 1.82) is 0 Å². The van der Waals surface area contributed by atoms with Crippen LogP contribution in [0, 0.1) is 0 Å². The third-order valence-electron chi connectivity index (χ3n) is 4.16. The highest BCUT2D eigenvalue weighted by Gasteiger charge is 2.33. The maximum absolute atomic E-state index is 12.8. The lowest BCUT2D eigenvalue weighted by molar-refractivity contribution is 0.0978. The topological polar surface area (TPSA) is 68.4 Å². The van der Waals surface area contributed by atoms with Crippen LogP contribution in [0.15, 0.2) is 36.4 Å². The minimum Gasteiger partial charge on any atom is -0.454 e. The van der Waals surface area contributed by atoms with Gasteiger partial charge in [-0.2, -0.15) is 0 Å². The fraction of sp³-hybridized carbons (Fsp3) is 0.0588. The fourth-order valence-electron chi connectivity index (χ4n) is 3.14. The molecule has 1 N–H and O–H groups in total. The Kier molecular flexibility index (Phi) is 1.98. The highest BCUT2D eigenvalue weighted by atomic mass is 16.7. The summed E-state index contributed by atoms with van der Waals surface area (Å²) in [6.45, 7) is 0.167. The van der Waals surface area contributed by atoms with E-state index in [1.807, 2.05) is 0 Å². The molecule has 22 heavy (non-hydrogen) atoms. The van der Waals surface area contributed by atoms with E-state index in [0.29, 0.717) is 44.8 Å². The molecule has 3 aromatic rings. The number of carbonyl (C=O) groups excluding carboxylic acids is 2. The first-order valence-corrected chi connectivity index (χ1v) is 6.88. The summed E-state index contributed by atoms with van der Waals surface area (Å²) in [5.41, 5.74) is 2.33. The van der Waals surface area contributed by atoms with Crippen LogP contribution in [0.25, 0.3) is 10.9 Å². The van der Waals surface area contributed by atoms with Gasteiger partial charge in [-0.05, 0) is 6.07 Å². The number of hydrogen-bond acceptors (Lipinski definition) is 4. The maximum Gasteiger partial charge on any atom is 0.231 e. The monoisotopic (exact) mass is 291 g/mol. The summed E-state index contributed by atoms with van der Waals surface area (Å²) >= 11 is 0. The van der Waals surface area contributed by atoms with Crippen molar-refractivity contribution in [2.75, 3.05) is 6.79 Å². The molecule has 0 spiro atoms. The van der Waals surface area contributed by atoms with E-state index in [1.165, 1.54) is 0 Å². The molecule has 0 amide bonds. The van der Waals surface area contributed by atoms with E-state index in [9.17, 15) is 9.59 Å². The Hall–Kier alpha value is -3.08. The molecule has 5 nitrogen and oxygen atoms in total. The molecule has 1 aliphatic carbocycles. The molecular formula is C17H9NO4. The van der Waals surface area contributed by atoms with Crippen LogP contribution in [0.4, 0.5) is 0 Å². The number of ketones is 2. The van der Waals surface area contributed by atoms with Crippen molar-refractivity contribution in [3.05, 3.63) is 58.8 Å². The summed E-state index contributed by atoms with van der Waals surface area (Å²) < 4.78 is 10.7. The van der Waals surface area contributed by atoms with Crippen molar-refractivity contribution >= 4 is 22.5 Å². The molecule has 0 unspecified atom stereocenters. The molecule has 5 heteroatoms. The molecule has 1 aliphatic heterocycles. The second kappa shape index (κ2) is 3.76. The van der Waals surface area contributed by atoms with Crippen LogP contribution in [0.5, 0.6) is 11.5 Å². The lowest BCUT2D eigenvalue weighted by atomic mass is 9.87. The second-order valence-electron chi connectivity index (χ2n) is 5.33. The first kappa shape index (κ1) is 11.6. The molecule has 106 valence electrons. The zero-order valence-electron chi connectivity index (χ0n) is 11.3. The quantitative estimate of drug-likeness (QED) is 0.541. The van der Waals surface area contributed by atoms with Gasteiger partial charge < -0.3 is 14.5 Å². The van der Waals surface area contributed by atoms with Crippen molar-refractivity contribution in [1.82, 2.24) is 4.98 Å². The molecule has 0 radical (unpaired) electrons. The smallest absolute Gasteiger partial charge is 0.231 e. The number of fused-ring (bicyclic) bond motifs is 5. The van der Waals surface area contributed by atoms with E-state index in [2.05, 4.69) is 4.98 Å². The van der Waals surface area contributed by atoms with Gasteiger partial charge in [-0.25, -0.2) is 0 Å². The largest absolute Gasteiger partial charge is 0.454 e. The van der Waals surface area contributed by atoms with Crippen molar-refractivity contribution in [3.63, 3.8) is 0 Å². The summed E-state index contributed by atoms with van der Waals surface area (Å²) in [6.07, 6.45) is 0. The Balaban J connectivity index is 1.86. The van der Waals surface area contributed by atoms with Gasteiger partial charge >= 0.3 is 0 Å². The van der Waals surface area contributed by atoms with E-state index in [1.54, 1.807) is 36.4 Å². The van der Waals surface area contributed by atoms with Crippen LogP contribution in [-0.4, -0.2) is 23.3 Å². The van der Waals surface area contributed by atoms with Crippen molar-refractivity contribution in [2.45, 2.75) is 0 Å². The number of nitrogens with one attached hydrogen (secondary N) is 1. The summed E-state index contributed by atoms with van der Waals surface area (Å²) in [7, 11) is 0. The van der Waals surface area contributed by atoms with Crippen LogP contribution < -0.4 is 9.47 Å². The molecule has 0 atom stereocenters. The Morgan fingerprint density at radius 3 is 2.36 bits per heavy atom. The van der Waals surface area contributed by atoms with E-state index in [-0.39, 0.29) is 18.4 Å². The molecule has 5 rings (SSSR count). The lowest BCUT2D eigenvalue weighted by Gasteiger charge is -2.13. The average molecular weight is 291 g/mol. The molecule has 2 aromatic carbocycles. The zero-order chi connectivity index (χ0) is 14.8. The summed E-state index contributed by atoms with van der Waals surface area (Å²) in [5.74, 6) is 0.899. The van der Waals surface area contributed by atoms with E-state index in [0.717, 1.165) is 0 Å². The first-order chi connectivity index (χ1) is 10.7. The average Bonchev–Trinajstić information content (AvgIpc) is 3.14. The predicted molar refractivity (Wildman–Crippen MR) is 77.7 cm³/mol. The summed E-state index contributed by atoms with van der Waals surface area (Å²) in [5, 5.41) is 0.687. The number of H-pyrrole nitrogens is 1. The maximum atomic E-state index is 12.8.